The Hall–Kier alpha value is -1.10. The highest BCUT2D eigenvalue weighted by molar-refractivity contribution is 5.75. The first-order valence-electron chi connectivity index (χ1n) is 7.87. The quantitative estimate of drug-likeness (QED) is 0.578. The number of rotatable bonds is 10. The largest absolute Gasteiger partial charge is 0.481 e. The Morgan fingerprint density at radius 1 is 1.14 bits per heavy atom. The molecule has 0 aliphatic carbocycles. The molecule has 0 bridgehead atoms. The van der Waals surface area contributed by atoms with Crippen molar-refractivity contribution in [2.75, 3.05) is 6.54 Å². The Bertz CT molecular complexity index is 322. The lowest BCUT2D eigenvalue weighted by molar-refractivity contribution is -0.137. The van der Waals surface area contributed by atoms with Gasteiger partial charge in [-0.3, -0.25) is 9.59 Å². The van der Waals surface area contributed by atoms with E-state index in [1.54, 1.807) is 0 Å². The van der Waals surface area contributed by atoms with E-state index in [2.05, 4.69) is 26.1 Å². The fraction of sp³-hybridized carbons (Fsp3) is 0.875. The summed E-state index contributed by atoms with van der Waals surface area (Å²) >= 11 is 0. The Kier molecular flexibility index (Phi) is 9.26. The van der Waals surface area contributed by atoms with Crippen molar-refractivity contribution in [3.05, 3.63) is 0 Å². The number of amides is 1. The number of hydrogen-bond donors (Lipinski definition) is 3. The van der Waals surface area contributed by atoms with Crippen LogP contribution in [-0.4, -0.2) is 29.6 Å². The van der Waals surface area contributed by atoms with Crippen molar-refractivity contribution in [2.45, 2.75) is 72.3 Å². The van der Waals surface area contributed by atoms with E-state index in [1.807, 2.05) is 6.92 Å². The highest BCUT2D eigenvalue weighted by Crippen LogP contribution is 2.32. The number of nitrogens with two attached hydrogens (primary N) is 1. The van der Waals surface area contributed by atoms with Gasteiger partial charge in [-0.1, -0.05) is 20.8 Å². The molecule has 5 heteroatoms. The molecule has 0 fully saturated rings. The van der Waals surface area contributed by atoms with Gasteiger partial charge in [0.2, 0.25) is 5.91 Å². The fourth-order valence-corrected chi connectivity index (χ4v) is 2.37. The monoisotopic (exact) mass is 300 g/mol. The molecule has 5 nitrogen and oxygen atoms in total. The molecule has 0 aliphatic heterocycles. The zero-order valence-corrected chi connectivity index (χ0v) is 13.9. The maximum absolute atomic E-state index is 11.7. The third-order valence-electron chi connectivity index (χ3n) is 3.81. The van der Waals surface area contributed by atoms with Gasteiger partial charge in [0, 0.05) is 25.4 Å². The molecular weight excluding hydrogens is 268 g/mol. The van der Waals surface area contributed by atoms with Gasteiger partial charge in [0.15, 0.2) is 0 Å². The molecule has 0 spiro atoms. The minimum absolute atomic E-state index is 0.0508. The van der Waals surface area contributed by atoms with Crippen LogP contribution in [-0.2, 0) is 9.59 Å². The van der Waals surface area contributed by atoms with E-state index in [0.717, 1.165) is 19.3 Å². The first-order valence-corrected chi connectivity index (χ1v) is 7.87. The molecule has 2 unspecified atom stereocenters. The molecule has 0 aromatic heterocycles. The van der Waals surface area contributed by atoms with Crippen LogP contribution in [0.25, 0.3) is 0 Å². The minimum atomic E-state index is -0.760. The standard InChI is InChI=1S/C16H32N2O3/c1-12(17)6-5-7-14(19)18-11-10-13(16(2,3)4)8-9-15(20)21/h12-13H,5-11,17H2,1-4H3,(H,18,19)(H,20,21). The van der Waals surface area contributed by atoms with Gasteiger partial charge in [-0.05, 0) is 43.9 Å². The van der Waals surface area contributed by atoms with E-state index in [0.29, 0.717) is 19.4 Å². The number of carbonyl (C=O) groups is 2. The lowest BCUT2D eigenvalue weighted by Gasteiger charge is -2.30. The summed E-state index contributed by atoms with van der Waals surface area (Å²) in [6.45, 7) is 8.89. The molecule has 0 saturated heterocycles. The molecule has 0 aromatic rings. The average Bonchev–Trinajstić information content (AvgIpc) is 2.31. The van der Waals surface area contributed by atoms with Crippen LogP contribution in [0.15, 0.2) is 0 Å². The predicted octanol–water partition coefficient (Wildman–Crippen LogP) is 2.54. The highest BCUT2D eigenvalue weighted by Gasteiger charge is 2.24. The van der Waals surface area contributed by atoms with Crippen molar-refractivity contribution in [1.82, 2.24) is 5.32 Å². The van der Waals surface area contributed by atoms with Crippen molar-refractivity contribution in [3.63, 3.8) is 0 Å². The van der Waals surface area contributed by atoms with E-state index in [4.69, 9.17) is 10.8 Å². The summed E-state index contributed by atoms with van der Waals surface area (Å²) in [6.07, 6.45) is 3.83. The Balaban J connectivity index is 4.02. The van der Waals surface area contributed by atoms with Crippen LogP contribution < -0.4 is 11.1 Å². The summed E-state index contributed by atoms with van der Waals surface area (Å²) in [5.41, 5.74) is 5.70. The number of carboxylic acids is 1. The molecule has 1 amide bonds. The Morgan fingerprint density at radius 2 is 1.76 bits per heavy atom. The Morgan fingerprint density at radius 3 is 2.24 bits per heavy atom. The molecule has 0 aromatic carbocycles. The molecule has 0 radical (unpaired) electrons. The molecule has 2 atom stereocenters. The second kappa shape index (κ2) is 9.77. The number of hydrogen-bond acceptors (Lipinski definition) is 3. The van der Waals surface area contributed by atoms with Crippen LogP contribution in [0.5, 0.6) is 0 Å². The zero-order chi connectivity index (χ0) is 16.5. The van der Waals surface area contributed by atoms with Gasteiger partial charge in [0.05, 0.1) is 0 Å². The molecule has 4 N–H and O–H groups in total. The lowest BCUT2D eigenvalue weighted by Crippen LogP contribution is -2.30. The van der Waals surface area contributed by atoms with E-state index in [9.17, 15) is 9.59 Å². The fourth-order valence-electron chi connectivity index (χ4n) is 2.37. The average molecular weight is 300 g/mol. The second-order valence-corrected chi connectivity index (χ2v) is 7.00. The van der Waals surface area contributed by atoms with Gasteiger partial charge in [0.1, 0.15) is 0 Å². The van der Waals surface area contributed by atoms with Gasteiger partial charge in [0.25, 0.3) is 0 Å². The molecule has 0 aliphatic rings. The first kappa shape index (κ1) is 19.9. The molecule has 0 saturated carbocycles. The van der Waals surface area contributed by atoms with Gasteiger partial charge < -0.3 is 16.2 Å². The van der Waals surface area contributed by atoms with E-state index in [-0.39, 0.29) is 29.7 Å². The maximum atomic E-state index is 11.7. The van der Waals surface area contributed by atoms with Crippen molar-refractivity contribution >= 4 is 11.9 Å². The van der Waals surface area contributed by atoms with Crippen LogP contribution in [0.1, 0.15) is 66.2 Å². The molecular formula is C16H32N2O3. The van der Waals surface area contributed by atoms with E-state index in [1.165, 1.54) is 0 Å². The topological polar surface area (TPSA) is 92.4 Å². The molecule has 0 heterocycles. The third-order valence-corrected chi connectivity index (χ3v) is 3.81. The molecule has 124 valence electrons. The van der Waals surface area contributed by atoms with Gasteiger partial charge in [-0.2, -0.15) is 0 Å². The zero-order valence-electron chi connectivity index (χ0n) is 13.9. The number of carboxylic acid groups (broad SMARTS) is 1. The van der Waals surface area contributed by atoms with Crippen LogP contribution in [0.3, 0.4) is 0 Å². The first-order chi connectivity index (χ1) is 9.62. The normalized spacial score (nSPS) is 14.5. The minimum Gasteiger partial charge on any atom is -0.481 e. The van der Waals surface area contributed by atoms with Gasteiger partial charge in [-0.15, -0.1) is 0 Å². The third kappa shape index (κ3) is 11.3. The van der Waals surface area contributed by atoms with Gasteiger partial charge in [-0.25, -0.2) is 0 Å². The lowest BCUT2D eigenvalue weighted by atomic mass is 9.76. The predicted molar refractivity (Wildman–Crippen MR) is 84.9 cm³/mol. The summed E-state index contributed by atoms with van der Waals surface area (Å²) in [5, 5.41) is 11.7. The number of aliphatic carboxylic acids is 1. The molecule has 21 heavy (non-hydrogen) atoms. The van der Waals surface area contributed by atoms with Crippen LogP contribution >= 0.6 is 0 Å². The van der Waals surface area contributed by atoms with Crippen LogP contribution in [0.2, 0.25) is 0 Å². The van der Waals surface area contributed by atoms with Crippen molar-refractivity contribution in [3.8, 4) is 0 Å². The highest BCUT2D eigenvalue weighted by atomic mass is 16.4. The smallest absolute Gasteiger partial charge is 0.303 e. The summed E-state index contributed by atoms with van der Waals surface area (Å²) in [7, 11) is 0. The van der Waals surface area contributed by atoms with E-state index < -0.39 is 5.97 Å². The molecule has 0 rings (SSSR count). The van der Waals surface area contributed by atoms with E-state index >= 15 is 0 Å². The van der Waals surface area contributed by atoms with Crippen molar-refractivity contribution in [2.24, 2.45) is 17.1 Å². The summed E-state index contributed by atoms with van der Waals surface area (Å²) in [6, 6.07) is 0.138. The van der Waals surface area contributed by atoms with Crippen molar-refractivity contribution < 1.29 is 14.7 Å². The summed E-state index contributed by atoms with van der Waals surface area (Å²) in [5.74, 6) is -0.413. The van der Waals surface area contributed by atoms with Gasteiger partial charge >= 0.3 is 5.97 Å². The number of nitrogens with one attached hydrogen (secondary N) is 1. The van der Waals surface area contributed by atoms with Crippen LogP contribution in [0, 0.1) is 11.3 Å². The maximum Gasteiger partial charge on any atom is 0.303 e. The van der Waals surface area contributed by atoms with Crippen molar-refractivity contribution in [1.29, 1.82) is 0 Å². The second-order valence-electron chi connectivity index (χ2n) is 7.00. The van der Waals surface area contributed by atoms with Crippen LogP contribution in [0.4, 0.5) is 0 Å². The summed E-state index contributed by atoms with van der Waals surface area (Å²) in [4.78, 5) is 22.4. The summed E-state index contributed by atoms with van der Waals surface area (Å²) < 4.78 is 0. The Labute approximate surface area is 128 Å². The number of carbonyl (C=O) groups excluding carboxylic acids is 1. The SMILES string of the molecule is CC(N)CCCC(=O)NCCC(CCC(=O)O)C(C)(C)C.